The molecule has 0 saturated heterocycles. The van der Waals surface area contributed by atoms with Gasteiger partial charge in [0.05, 0.1) is 0 Å². The molecule has 0 spiro atoms. The van der Waals surface area contributed by atoms with Crippen LogP contribution in [0.3, 0.4) is 0 Å². The van der Waals surface area contributed by atoms with Crippen molar-refractivity contribution in [3.8, 4) is 0 Å². The fourth-order valence-corrected chi connectivity index (χ4v) is 2.53. The lowest BCUT2D eigenvalue weighted by atomic mass is 10.0. The molecule has 0 radical (unpaired) electrons. The van der Waals surface area contributed by atoms with Crippen molar-refractivity contribution in [3.63, 3.8) is 0 Å². The monoisotopic (exact) mass is 276 g/mol. The van der Waals surface area contributed by atoms with Gasteiger partial charge in [0.15, 0.2) is 0 Å². The van der Waals surface area contributed by atoms with E-state index in [1.165, 1.54) is 75.3 Å². The second kappa shape index (κ2) is 11.9. The summed E-state index contributed by atoms with van der Waals surface area (Å²) in [4.78, 5) is 0. The topological polar surface area (TPSA) is 52.0 Å². The molecule has 0 aromatic heterocycles. The molecular weight excluding hydrogens is 244 g/mol. The fraction of sp³-hybridized carbons (Fsp3) is 0.667. The van der Waals surface area contributed by atoms with E-state index in [1.807, 2.05) is 0 Å². The molecular formula is C18H32N2. The molecule has 0 aliphatic heterocycles. The van der Waals surface area contributed by atoms with E-state index < -0.39 is 0 Å². The van der Waals surface area contributed by atoms with Crippen LogP contribution in [-0.2, 0) is 12.8 Å². The van der Waals surface area contributed by atoms with Crippen LogP contribution in [0.4, 0.5) is 0 Å². The summed E-state index contributed by atoms with van der Waals surface area (Å²) in [7, 11) is 0. The summed E-state index contributed by atoms with van der Waals surface area (Å²) in [6.07, 6.45) is 12.5. The Labute approximate surface area is 124 Å². The molecule has 20 heavy (non-hydrogen) atoms. The molecule has 1 rings (SSSR count). The summed E-state index contributed by atoms with van der Waals surface area (Å²) in [5, 5.41) is 0. The van der Waals surface area contributed by atoms with Crippen LogP contribution < -0.4 is 11.5 Å². The third-order valence-electron chi connectivity index (χ3n) is 3.86. The van der Waals surface area contributed by atoms with Gasteiger partial charge in [0.25, 0.3) is 0 Å². The summed E-state index contributed by atoms with van der Waals surface area (Å²) in [5.74, 6) is 0. The fourth-order valence-electron chi connectivity index (χ4n) is 2.53. The number of rotatable bonds is 12. The first-order valence-electron chi connectivity index (χ1n) is 8.34. The molecule has 2 nitrogen and oxygen atoms in total. The highest BCUT2D eigenvalue weighted by molar-refractivity contribution is 5.22. The molecule has 114 valence electrons. The maximum absolute atomic E-state index is 5.50. The lowest BCUT2D eigenvalue weighted by molar-refractivity contribution is 0.644. The average Bonchev–Trinajstić information content (AvgIpc) is 2.48. The van der Waals surface area contributed by atoms with E-state index in [9.17, 15) is 0 Å². The van der Waals surface area contributed by atoms with Gasteiger partial charge in [-0.1, -0.05) is 49.9 Å². The Balaban J connectivity index is 2.13. The number of benzene rings is 1. The van der Waals surface area contributed by atoms with Gasteiger partial charge in [0.1, 0.15) is 0 Å². The van der Waals surface area contributed by atoms with Crippen molar-refractivity contribution in [2.24, 2.45) is 11.5 Å². The van der Waals surface area contributed by atoms with Gasteiger partial charge in [-0.3, -0.25) is 0 Å². The van der Waals surface area contributed by atoms with Crippen LogP contribution in [0.15, 0.2) is 24.3 Å². The van der Waals surface area contributed by atoms with Gasteiger partial charge in [0.2, 0.25) is 0 Å². The lowest BCUT2D eigenvalue weighted by Crippen LogP contribution is -1.98. The van der Waals surface area contributed by atoms with Gasteiger partial charge in [-0.2, -0.15) is 0 Å². The molecule has 0 aliphatic carbocycles. The highest BCUT2D eigenvalue weighted by Crippen LogP contribution is 2.12. The summed E-state index contributed by atoms with van der Waals surface area (Å²) in [6.45, 7) is 1.67. The third kappa shape index (κ3) is 8.34. The summed E-state index contributed by atoms with van der Waals surface area (Å²) >= 11 is 0. The standard InChI is InChI=1S/C18H32N2/c19-15-7-3-1-5-9-17-11-13-18(14-12-17)10-6-2-4-8-16-20/h11-14H,1-10,15-16,19-20H2. The second-order valence-corrected chi connectivity index (χ2v) is 5.72. The Morgan fingerprint density at radius 1 is 0.500 bits per heavy atom. The first kappa shape index (κ1) is 17.2. The van der Waals surface area contributed by atoms with Crippen LogP contribution in [0.5, 0.6) is 0 Å². The predicted molar refractivity (Wildman–Crippen MR) is 88.9 cm³/mol. The maximum atomic E-state index is 5.50. The van der Waals surface area contributed by atoms with Gasteiger partial charge in [-0.05, 0) is 62.7 Å². The van der Waals surface area contributed by atoms with Crippen molar-refractivity contribution in [2.45, 2.75) is 64.2 Å². The van der Waals surface area contributed by atoms with Gasteiger partial charge >= 0.3 is 0 Å². The number of unbranched alkanes of at least 4 members (excludes halogenated alkanes) is 6. The van der Waals surface area contributed by atoms with E-state index in [4.69, 9.17) is 11.5 Å². The average molecular weight is 276 g/mol. The smallest absolute Gasteiger partial charge is 0.00773 e. The normalized spacial score (nSPS) is 10.9. The van der Waals surface area contributed by atoms with Crippen LogP contribution in [-0.4, -0.2) is 13.1 Å². The minimum Gasteiger partial charge on any atom is -0.330 e. The molecule has 0 bridgehead atoms. The maximum Gasteiger partial charge on any atom is -0.00773 e. The molecule has 0 aliphatic rings. The van der Waals surface area contributed by atoms with Gasteiger partial charge in [-0.15, -0.1) is 0 Å². The second-order valence-electron chi connectivity index (χ2n) is 5.72. The van der Waals surface area contributed by atoms with E-state index in [-0.39, 0.29) is 0 Å². The van der Waals surface area contributed by atoms with Crippen molar-refractivity contribution < 1.29 is 0 Å². The van der Waals surface area contributed by atoms with Gasteiger partial charge < -0.3 is 11.5 Å². The van der Waals surface area contributed by atoms with Crippen molar-refractivity contribution in [3.05, 3.63) is 35.4 Å². The molecule has 4 N–H and O–H groups in total. The first-order chi connectivity index (χ1) is 9.86. The molecule has 0 amide bonds. The molecule has 0 saturated carbocycles. The van der Waals surface area contributed by atoms with Crippen molar-refractivity contribution in [1.82, 2.24) is 0 Å². The van der Waals surface area contributed by atoms with Crippen LogP contribution in [0.25, 0.3) is 0 Å². The number of hydrogen-bond acceptors (Lipinski definition) is 2. The lowest BCUT2D eigenvalue weighted by Gasteiger charge is -2.05. The van der Waals surface area contributed by atoms with E-state index in [1.54, 1.807) is 0 Å². The van der Waals surface area contributed by atoms with Crippen LogP contribution in [0.1, 0.15) is 62.5 Å². The summed E-state index contributed by atoms with van der Waals surface area (Å²) in [6, 6.07) is 9.21. The van der Waals surface area contributed by atoms with Crippen molar-refractivity contribution in [1.29, 1.82) is 0 Å². The molecule has 2 heteroatoms. The van der Waals surface area contributed by atoms with Crippen LogP contribution in [0.2, 0.25) is 0 Å². The Morgan fingerprint density at radius 2 is 0.850 bits per heavy atom. The van der Waals surface area contributed by atoms with E-state index in [0.717, 1.165) is 13.1 Å². The molecule has 1 aromatic carbocycles. The van der Waals surface area contributed by atoms with E-state index in [2.05, 4.69) is 24.3 Å². The van der Waals surface area contributed by atoms with E-state index in [0.29, 0.717) is 0 Å². The zero-order chi connectivity index (χ0) is 14.5. The minimum atomic E-state index is 0.833. The number of nitrogens with two attached hydrogens (primary N) is 2. The minimum absolute atomic E-state index is 0.833. The molecule has 0 fully saturated rings. The Bertz CT molecular complexity index is 286. The van der Waals surface area contributed by atoms with Gasteiger partial charge in [0, 0.05) is 0 Å². The SMILES string of the molecule is NCCCCCCc1ccc(CCCCCCN)cc1. The zero-order valence-electron chi connectivity index (χ0n) is 12.9. The van der Waals surface area contributed by atoms with Crippen LogP contribution in [0, 0.1) is 0 Å². The molecule has 0 atom stereocenters. The Hall–Kier alpha value is -0.860. The summed E-state index contributed by atoms with van der Waals surface area (Å²) in [5.41, 5.74) is 14.0. The Morgan fingerprint density at radius 3 is 1.20 bits per heavy atom. The molecule has 1 aromatic rings. The quantitative estimate of drug-likeness (QED) is 0.570. The third-order valence-corrected chi connectivity index (χ3v) is 3.86. The van der Waals surface area contributed by atoms with E-state index >= 15 is 0 Å². The largest absolute Gasteiger partial charge is 0.330 e. The van der Waals surface area contributed by atoms with Gasteiger partial charge in [-0.25, -0.2) is 0 Å². The first-order valence-corrected chi connectivity index (χ1v) is 8.34. The number of aryl methyl sites for hydroxylation is 2. The molecule has 0 unspecified atom stereocenters. The zero-order valence-corrected chi connectivity index (χ0v) is 12.9. The molecule has 0 heterocycles. The highest BCUT2D eigenvalue weighted by atomic mass is 14.5. The number of hydrogen-bond donors (Lipinski definition) is 2. The van der Waals surface area contributed by atoms with Crippen molar-refractivity contribution >= 4 is 0 Å². The summed E-state index contributed by atoms with van der Waals surface area (Å²) < 4.78 is 0. The Kier molecular flexibility index (Phi) is 10.3. The highest BCUT2D eigenvalue weighted by Gasteiger charge is 1.97. The predicted octanol–water partition coefficient (Wildman–Crippen LogP) is 3.81. The van der Waals surface area contributed by atoms with Crippen molar-refractivity contribution in [2.75, 3.05) is 13.1 Å². The van der Waals surface area contributed by atoms with Crippen LogP contribution >= 0.6 is 0 Å².